The molecule has 2 heterocycles. The summed E-state index contributed by atoms with van der Waals surface area (Å²) >= 11 is 0. The molecule has 0 atom stereocenters. The van der Waals surface area contributed by atoms with Crippen molar-refractivity contribution < 1.29 is 19.1 Å². The monoisotopic (exact) mass is 369 g/mol. The second-order valence-electron chi connectivity index (χ2n) is 6.62. The maximum atomic E-state index is 12.6. The standard InChI is InChI=1S/C20H23N3O4/c1-13-12-19(22-14(2)21-13)27-18-8-10-23(11-9-18)20(25)16-4-6-17(7-5-16)26-15(3)24/h4-7,12,18H,8-11H2,1-3H3. The van der Waals surface area contributed by atoms with Crippen LogP contribution in [0.4, 0.5) is 0 Å². The van der Waals surface area contributed by atoms with E-state index in [2.05, 4.69) is 9.97 Å². The minimum absolute atomic E-state index is 0.0310. The molecule has 0 spiro atoms. The number of aryl methyl sites for hydroxylation is 2. The van der Waals surface area contributed by atoms with Gasteiger partial charge >= 0.3 is 5.97 Å². The highest BCUT2D eigenvalue weighted by molar-refractivity contribution is 5.94. The molecule has 1 saturated heterocycles. The van der Waals surface area contributed by atoms with Gasteiger partial charge in [-0.15, -0.1) is 0 Å². The minimum Gasteiger partial charge on any atom is -0.474 e. The van der Waals surface area contributed by atoms with Gasteiger partial charge in [0.25, 0.3) is 5.91 Å². The summed E-state index contributed by atoms with van der Waals surface area (Å²) in [6.45, 7) is 6.34. The van der Waals surface area contributed by atoms with Crippen molar-refractivity contribution in [3.05, 3.63) is 47.4 Å². The highest BCUT2D eigenvalue weighted by atomic mass is 16.5. The molecule has 0 N–H and O–H groups in total. The Morgan fingerprint density at radius 3 is 2.33 bits per heavy atom. The van der Waals surface area contributed by atoms with Gasteiger partial charge in [0.05, 0.1) is 0 Å². The quantitative estimate of drug-likeness (QED) is 0.609. The van der Waals surface area contributed by atoms with Crippen LogP contribution < -0.4 is 9.47 Å². The average molecular weight is 369 g/mol. The highest BCUT2D eigenvalue weighted by Crippen LogP contribution is 2.20. The number of hydrogen-bond donors (Lipinski definition) is 0. The first-order valence-electron chi connectivity index (χ1n) is 8.97. The van der Waals surface area contributed by atoms with Crippen molar-refractivity contribution in [1.29, 1.82) is 0 Å². The predicted octanol–water partition coefficient (Wildman–Crippen LogP) is 2.70. The first-order valence-corrected chi connectivity index (χ1v) is 8.97. The molecule has 7 heteroatoms. The molecule has 0 unspecified atom stereocenters. The van der Waals surface area contributed by atoms with Gasteiger partial charge in [0, 0.05) is 50.2 Å². The Bertz CT molecular complexity index is 807. The number of carbonyl (C=O) groups excluding carboxylic acids is 2. The molecule has 1 aliphatic rings. The van der Waals surface area contributed by atoms with E-state index in [4.69, 9.17) is 9.47 Å². The zero-order valence-electron chi connectivity index (χ0n) is 15.8. The molecular formula is C20H23N3O4. The molecule has 1 fully saturated rings. The average Bonchev–Trinajstić information content (AvgIpc) is 2.61. The third-order valence-electron chi connectivity index (χ3n) is 4.32. The molecule has 1 aromatic heterocycles. The van der Waals surface area contributed by atoms with E-state index in [1.807, 2.05) is 24.8 Å². The molecule has 1 amide bonds. The van der Waals surface area contributed by atoms with E-state index < -0.39 is 0 Å². The van der Waals surface area contributed by atoms with E-state index in [0.29, 0.717) is 36.1 Å². The van der Waals surface area contributed by atoms with Crippen LogP contribution in [-0.2, 0) is 4.79 Å². The summed E-state index contributed by atoms with van der Waals surface area (Å²) in [5.41, 5.74) is 1.45. The van der Waals surface area contributed by atoms with Crippen LogP contribution in [0.3, 0.4) is 0 Å². The number of amides is 1. The van der Waals surface area contributed by atoms with E-state index in [1.54, 1.807) is 24.3 Å². The number of likely N-dealkylation sites (tertiary alicyclic amines) is 1. The maximum absolute atomic E-state index is 12.6. The second kappa shape index (κ2) is 8.16. The molecule has 142 valence electrons. The van der Waals surface area contributed by atoms with Crippen molar-refractivity contribution >= 4 is 11.9 Å². The number of piperidine rings is 1. The predicted molar refractivity (Wildman–Crippen MR) is 98.8 cm³/mol. The molecule has 7 nitrogen and oxygen atoms in total. The number of rotatable bonds is 4. The van der Waals surface area contributed by atoms with Crippen LogP contribution in [0, 0.1) is 13.8 Å². The summed E-state index contributed by atoms with van der Waals surface area (Å²) in [5, 5.41) is 0. The van der Waals surface area contributed by atoms with Gasteiger partial charge in [-0.3, -0.25) is 9.59 Å². The first-order chi connectivity index (χ1) is 12.9. The molecule has 0 saturated carbocycles. The van der Waals surface area contributed by atoms with Crippen molar-refractivity contribution in [2.24, 2.45) is 0 Å². The Labute approximate surface area is 158 Å². The van der Waals surface area contributed by atoms with Crippen molar-refractivity contribution in [3.63, 3.8) is 0 Å². The Morgan fingerprint density at radius 2 is 1.74 bits per heavy atom. The number of nitrogens with zero attached hydrogens (tertiary/aromatic N) is 3. The number of ether oxygens (including phenoxy) is 2. The molecule has 1 aromatic carbocycles. The summed E-state index contributed by atoms with van der Waals surface area (Å²) in [4.78, 5) is 34.0. The van der Waals surface area contributed by atoms with E-state index >= 15 is 0 Å². The lowest BCUT2D eigenvalue weighted by Gasteiger charge is -2.32. The maximum Gasteiger partial charge on any atom is 0.308 e. The number of benzene rings is 1. The highest BCUT2D eigenvalue weighted by Gasteiger charge is 2.25. The van der Waals surface area contributed by atoms with Gasteiger partial charge in [0.1, 0.15) is 17.7 Å². The minimum atomic E-state index is -0.384. The van der Waals surface area contributed by atoms with Crippen LogP contribution in [0.2, 0.25) is 0 Å². The third kappa shape index (κ3) is 5.03. The fourth-order valence-corrected chi connectivity index (χ4v) is 3.10. The molecule has 2 aromatic rings. The Balaban J connectivity index is 1.55. The van der Waals surface area contributed by atoms with Gasteiger partial charge in [-0.2, -0.15) is 4.98 Å². The third-order valence-corrected chi connectivity index (χ3v) is 4.32. The van der Waals surface area contributed by atoms with Gasteiger partial charge in [0.2, 0.25) is 5.88 Å². The Kier molecular flexibility index (Phi) is 5.69. The van der Waals surface area contributed by atoms with Crippen molar-refractivity contribution in [2.75, 3.05) is 13.1 Å². The van der Waals surface area contributed by atoms with Crippen molar-refractivity contribution in [3.8, 4) is 11.6 Å². The molecule has 3 rings (SSSR count). The molecule has 0 bridgehead atoms. The van der Waals surface area contributed by atoms with Crippen LogP contribution >= 0.6 is 0 Å². The normalized spacial score (nSPS) is 14.7. The van der Waals surface area contributed by atoms with Crippen molar-refractivity contribution in [2.45, 2.75) is 39.7 Å². The summed E-state index contributed by atoms with van der Waals surface area (Å²) in [6.07, 6.45) is 1.53. The van der Waals surface area contributed by atoms with Crippen LogP contribution in [0.15, 0.2) is 30.3 Å². The van der Waals surface area contributed by atoms with E-state index in [0.717, 1.165) is 18.5 Å². The van der Waals surface area contributed by atoms with Crippen LogP contribution in [0.1, 0.15) is 41.6 Å². The molecule has 1 aliphatic heterocycles. The van der Waals surface area contributed by atoms with Gasteiger partial charge < -0.3 is 14.4 Å². The molecular weight excluding hydrogens is 346 g/mol. The van der Waals surface area contributed by atoms with Crippen LogP contribution in [-0.4, -0.2) is 45.9 Å². The van der Waals surface area contributed by atoms with E-state index in [9.17, 15) is 9.59 Å². The van der Waals surface area contributed by atoms with Crippen LogP contribution in [0.25, 0.3) is 0 Å². The fourth-order valence-electron chi connectivity index (χ4n) is 3.10. The van der Waals surface area contributed by atoms with E-state index in [1.165, 1.54) is 6.92 Å². The largest absolute Gasteiger partial charge is 0.474 e. The van der Waals surface area contributed by atoms with E-state index in [-0.39, 0.29) is 18.0 Å². The summed E-state index contributed by atoms with van der Waals surface area (Å²) in [5.74, 6) is 1.30. The molecule has 27 heavy (non-hydrogen) atoms. The van der Waals surface area contributed by atoms with Crippen molar-refractivity contribution in [1.82, 2.24) is 14.9 Å². The summed E-state index contributed by atoms with van der Waals surface area (Å²) < 4.78 is 11.0. The zero-order chi connectivity index (χ0) is 19.4. The summed E-state index contributed by atoms with van der Waals surface area (Å²) in [6, 6.07) is 8.44. The Hall–Kier alpha value is -2.96. The first kappa shape index (κ1) is 18.8. The zero-order valence-corrected chi connectivity index (χ0v) is 15.8. The van der Waals surface area contributed by atoms with Gasteiger partial charge in [-0.1, -0.05) is 0 Å². The van der Waals surface area contributed by atoms with Gasteiger partial charge in [-0.25, -0.2) is 4.98 Å². The number of carbonyl (C=O) groups is 2. The van der Waals surface area contributed by atoms with Gasteiger partial charge in [0.15, 0.2) is 0 Å². The fraction of sp³-hybridized carbons (Fsp3) is 0.400. The lowest BCUT2D eigenvalue weighted by atomic mass is 10.1. The second-order valence-corrected chi connectivity index (χ2v) is 6.62. The summed E-state index contributed by atoms with van der Waals surface area (Å²) in [7, 11) is 0. The Morgan fingerprint density at radius 1 is 1.07 bits per heavy atom. The molecule has 0 radical (unpaired) electrons. The number of hydrogen-bond acceptors (Lipinski definition) is 6. The lowest BCUT2D eigenvalue weighted by molar-refractivity contribution is -0.131. The smallest absolute Gasteiger partial charge is 0.308 e. The SMILES string of the molecule is CC(=O)Oc1ccc(C(=O)N2CCC(Oc3cc(C)nc(C)n3)CC2)cc1. The number of esters is 1. The lowest BCUT2D eigenvalue weighted by Crippen LogP contribution is -2.41. The number of aromatic nitrogens is 2. The van der Waals surface area contributed by atoms with Gasteiger partial charge in [-0.05, 0) is 38.1 Å². The topological polar surface area (TPSA) is 81.6 Å². The van der Waals surface area contributed by atoms with Crippen LogP contribution in [0.5, 0.6) is 11.6 Å². The molecule has 0 aliphatic carbocycles.